The zero-order valence-corrected chi connectivity index (χ0v) is 23.0. The van der Waals surface area contributed by atoms with Crippen molar-refractivity contribution < 1.29 is 23.9 Å². The van der Waals surface area contributed by atoms with Gasteiger partial charge < -0.3 is 32.2 Å². The Hall–Kier alpha value is -3.38. The highest BCUT2D eigenvalue weighted by Gasteiger charge is 2.43. The van der Waals surface area contributed by atoms with Crippen molar-refractivity contribution in [2.24, 2.45) is 33.4 Å². The molecule has 0 bridgehead atoms. The molecule has 4 atom stereocenters. The van der Waals surface area contributed by atoms with Crippen LogP contribution in [0, 0.1) is 11.8 Å². The number of guanidine groups is 1. The van der Waals surface area contributed by atoms with Crippen molar-refractivity contribution in [3.63, 3.8) is 0 Å². The molecule has 0 aliphatic carbocycles. The number of ether oxygens (including phenoxy) is 1. The zero-order valence-electron chi connectivity index (χ0n) is 23.0. The third-order valence-electron chi connectivity index (χ3n) is 5.81. The highest BCUT2D eigenvalue weighted by molar-refractivity contribution is 5.95. The van der Waals surface area contributed by atoms with E-state index in [0.717, 1.165) is 0 Å². The second-order valence-corrected chi connectivity index (χ2v) is 10.7. The molecule has 3 amide bonds. The molecule has 0 aromatic rings. The molecule has 214 valence electrons. The SMILES string of the molecule is CC(C)C[C@H](NC(=O)CN=[N+]=[N-])C(=O)N[C@@H](CC(C)C)C(=O)N[C@@H](CCCN=C(N)N)C(=O)C[C@@]1(C)CO1. The maximum absolute atomic E-state index is 13.3. The molecule has 1 aliphatic heterocycles. The largest absolute Gasteiger partial charge is 0.370 e. The quantitative estimate of drug-likeness (QED) is 0.0318. The number of ketones is 1. The van der Waals surface area contributed by atoms with E-state index in [1.165, 1.54) is 0 Å². The van der Waals surface area contributed by atoms with Crippen LogP contribution in [0.1, 0.15) is 66.7 Å². The summed E-state index contributed by atoms with van der Waals surface area (Å²) in [5.41, 5.74) is 18.7. The number of nitrogens with one attached hydrogen (secondary N) is 3. The third-order valence-corrected chi connectivity index (χ3v) is 5.81. The Morgan fingerprint density at radius 1 is 0.974 bits per heavy atom. The number of hydrogen-bond donors (Lipinski definition) is 5. The summed E-state index contributed by atoms with van der Waals surface area (Å²) >= 11 is 0. The van der Waals surface area contributed by atoms with Gasteiger partial charge in [-0.3, -0.25) is 24.2 Å². The van der Waals surface area contributed by atoms with Crippen LogP contribution in [-0.4, -0.2) is 72.9 Å². The smallest absolute Gasteiger partial charge is 0.243 e. The zero-order chi connectivity index (χ0) is 28.9. The molecule has 0 unspecified atom stereocenters. The molecule has 0 aromatic carbocycles. The monoisotopic (exact) mass is 537 g/mol. The Labute approximate surface area is 223 Å². The van der Waals surface area contributed by atoms with E-state index in [4.69, 9.17) is 21.7 Å². The number of carbonyl (C=O) groups is 4. The predicted octanol–water partition coefficient (Wildman–Crippen LogP) is 0.645. The molecule has 0 aromatic heterocycles. The van der Waals surface area contributed by atoms with Gasteiger partial charge in [-0.25, -0.2) is 0 Å². The molecule has 0 radical (unpaired) electrons. The standard InChI is InChI=1S/C24H43N9O5/c1-14(2)9-17(30-20(35)12-29-33-27)21(36)32-18(10-15(3)4)22(37)31-16(7-6-8-28-23(25)26)19(34)11-24(5)13-38-24/h14-18H,6-13H2,1-5H3,(H,30,35)(H,31,37)(H,32,36)(H4,25,26,28)/t16-,17-,18-,24-/m0/s1. The maximum atomic E-state index is 13.3. The first kappa shape index (κ1) is 32.6. The first-order chi connectivity index (χ1) is 17.8. The first-order valence-corrected chi connectivity index (χ1v) is 12.9. The Morgan fingerprint density at radius 3 is 1.97 bits per heavy atom. The second-order valence-electron chi connectivity index (χ2n) is 10.7. The fraction of sp³-hybridized carbons (Fsp3) is 0.792. The molecular formula is C24H43N9O5. The van der Waals surface area contributed by atoms with Gasteiger partial charge in [0, 0.05) is 17.9 Å². The summed E-state index contributed by atoms with van der Waals surface area (Å²) in [6.07, 6.45) is 1.55. The van der Waals surface area contributed by atoms with E-state index in [1.54, 1.807) is 0 Å². The fourth-order valence-corrected chi connectivity index (χ4v) is 3.82. The van der Waals surface area contributed by atoms with Crippen molar-refractivity contribution in [1.29, 1.82) is 0 Å². The van der Waals surface area contributed by atoms with Gasteiger partial charge in [-0.2, -0.15) is 0 Å². The Kier molecular flexibility index (Phi) is 13.6. The predicted molar refractivity (Wildman–Crippen MR) is 143 cm³/mol. The van der Waals surface area contributed by atoms with Crippen molar-refractivity contribution in [2.45, 2.75) is 90.4 Å². The second kappa shape index (κ2) is 15.8. The number of Topliss-reactive ketones (excluding diaryl/α,β-unsaturated/α-hetero) is 1. The van der Waals surface area contributed by atoms with Crippen LogP contribution in [0.4, 0.5) is 0 Å². The Balaban J connectivity index is 3.00. The summed E-state index contributed by atoms with van der Waals surface area (Å²) in [6.45, 7) is 9.75. The van der Waals surface area contributed by atoms with Gasteiger partial charge in [0.15, 0.2) is 11.7 Å². The molecule has 38 heavy (non-hydrogen) atoms. The molecular weight excluding hydrogens is 494 g/mol. The lowest BCUT2D eigenvalue weighted by Gasteiger charge is -2.27. The molecule has 0 spiro atoms. The average molecular weight is 538 g/mol. The van der Waals surface area contributed by atoms with Crippen molar-refractivity contribution >= 4 is 29.5 Å². The van der Waals surface area contributed by atoms with Gasteiger partial charge in [0.1, 0.15) is 18.6 Å². The third kappa shape index (κ3) is 13.2. The van der Waals surface area contributed by atoms with Gasteiger partial charge in [-0.15, -0.1) is 0 Å². The van der Waals surface area contributed by atoms with Gasteiger partial charge in [0.05, 0.1) is 18.2 Å². The summed E-state index contributed by atoms with van der Waals surface area (Å²) in [7, 11) is 0. The van der Waals surface area contributed by atoms with Crippen LogP contribution in [0.5, 0.6) is 0 Å². The summed E-state index contributed by atoms with van der Waals surface area (Å²) < 4.78 is 5.34. The summed E-state index contributed by atoms with van der Waals surface area (Å²) in [5, 5.41) is 11.3. The number of hydrogen-bond acceptors (Lipinski definition) is 7. The van der Waals surface area contributed by atoms with Crippen LogP contribution in [0.25, 0.3) is 10.4 Å². The summed E-state index contributed by atoms with van der Waals surface area (Å²) in [6, 6.07) is -2.67. The van der Waals surface area contributed by atoms with Crippen molar-refractivity contribution in [1.82, 2.24) is 16.0 Å². The average Bonchev–Trinajstić information content (AvgIpc) is 3.53. The van der Waals surface area contributed by atoms with E-state index in [0.29, 0.717) is 38.8 Å². The number of nitrogens with two attached hydrogens (primary N) is 2. The van der Waals surface area contributed by atoms with Crippen molar-refractivity contribution in [3.05, 3.63) is 10.4 Å². The van der Waals surface area contributed by atoms with Crippen molar-refractivity contribution in [2.75, 3.05) is 19.7 Å². The molecule has 1 heterocycles. The number of amides is 3. The molecule has 14 nitrogen and oxygen atoms in total. The number of carbonyl (C=O) groups excluding carboxylic acids is 4. The van der Waals surface area contributed by atoms with Crippen molar-refractivity contribution in [3.8, 4) is 0 Å². The lowest BCUT2D eigenvalue weighted by Crippen LogP contribution is -2.56. The van der Waals surface area contributed by atoms with Gasteiger partial charge in [-0.05, 0) is 50.0 Å². The molecule has 1 rings (SSSR count). The number of azide groups is 1. The normalized spacial score (nSPS) is 18.5. The summed E-state index contributed by atoms with van der Waals surface area (Å²) in [5.74, 6) is -1.78. The number of nitrogens with zero attached hydrogens (tertiary/aromatic N) is 4. The van der Waals surface area contributed by atoms with Crippen LogP contribution in [0.15, 0.2) is 10.1 Å². The van der Waals surface area contributed by atoms with E-state index < -0.39 is 48.0 Å². The van der Waals surface area contributed by atoms with Gasteiger partial charge in [-0.1, -0.05) is 32.8 Å². The first-order valence-electron chi connectivity index (χ1n) is 12.9. The van der Waals surface area contributed by atoms with Crippen LogP contribution in [0.2, 0.25) is 0 Å². The molecule has 1 fully saturated rings. The minimum absolute atomic E-state index is 0.0453. The molecule has 1 saturated heterocycles. The Morgan fingerprint density at radius 2 is 1.50 bits per heavy atom. The lowest BCUT2D eigenvalue weighted by atomic mass is 9.96. The highest BCUT2D eigenvalue weighted by atomic mass is 16.6. The van der Waals surface area contributed by atoms with Crippen LogP contribution >= 0.6 is 0 Å². The van der Waals surface area contributed by atoms with Crippen LogP contribution < -0.4 is 27.4 Å². The Bertz CT molecular complexity index is 907. The molecule has 7 N–H and O–H groups in total. The van der Waals surface area contributed by atoms with E-state index in [9.17, 15) is 19.2 Å². The lowest BCUT2D eigenvalue weighted by molar-refractivity contribution is -0.134. The number of epoxide rings is 1. The van der Waals surface area contributed by atoms with Gasteiger partial charge in [0.25, 0.3) is 0 Å². The molecule has 14 heteroatoms. The van der Waals surface area contributed by atoms with Gasteiger partial charge in [0.2, 0.25) is 17.7 Å². The van der Waals surface area contributed by atoms with E-state index >= 15 is 0 Å². The minimum atomic E-state index is -0.938. The number of rotatable bonds is 18. The van der Waals surface area contributed by atoms with E-state index in [-0.39, 0.29) is 30.0 Å². The molecule has 1 aliphatic rings. The maximum Gasteiger partial charge on any atom is 0.243 e. The van der Waals surface area contributed by atoms with Crippen LogP contribution in [0.3, 0.4) is 0 Å². The fourth-order valence-electron chi connectivity index (χ4n) is 3.82. The van der Waals surface area contributed by atoms with Crippen LogP contribution in [-0.2, 0) is 23.9 Å². The topological polar surface area (TPSA) is 230 Å². The summed E-state index contributed by atoms with van der Waals surface area (Å²) in [4.78, 5) is 58.1. The van der Waals surface area contributed by atoms with Gasteiger partial charge >= 0.3 is 0 Å². The van der Waals surface area contributed by atoms with E-state index in [2.05, 4.69) is 31.0 Å². The molecule has 0 saturated carbocycles. The number of aliphatic imine (C=N–C) groups is 1. The minimum Gasteiger partial charge on any atom is -0.370 e. The highest BCUT2D eigenvalue weighted by Crippen LogP contribution is 2.30. The van der Waals surface area contributed by atoms with E-state index in [1.807, 2.05) is 34.6 Å².